The first-order valence-corrected chi connectivity index (χ1v) is 15.0. The summed E-state index contributed by atoms with van der Waals surface area (Å²) < 4.78 is 23.4. The molecule has 0 bridgehead atoms. The lowest BCUT2D eigenvalue weighted by atomic mass is 10.2. The van der Waals surface area contributed by atoms with Gasteiger partial charge in [-0.3, -0.25) is 4.99 Å². The molecule has 0 N–H and O–H groups in total. The molecule has 0 spiro atoms. The number of hydrogen-bond acceptors (Lipinski definition) is 5. The molecule has 0 fully saturated rings. The van der Waals surface area contributed by atoms with Crippen LogP contribution >= 0.6 is 0 Å². The van der Waals surface area contributed by atoms with E-state index in [4.69, 9.17) is 17.7 Å². The third-order valence-electron chi connectivity index (χ3n) is 4.06. The molecule has 0 saturated heterocycles. The van der Waals surface area contributed by atoms with Crippen LogP contribution in [0.1, 0.15) is 53.4 Å². The summed E-state index contributed by atoms with van der Waals surface area (Å²) >= 11 is 0. The molecule has 0 heterocycles. The van der Waals surface area contributed by atoms with E-state index in [1.165, 1.54) is 19.3 Å². The summed E-state index contributed by atoms with van der Waals surface area (Å²) in [5, 5.41) is 0. The molecule has 0 rings (SSSR count). The lowest BCUT2D eigenvalue weighted by molar-refractivity contribution is 0.188. The summed E-state index contributed by atoms with van der Waals surface area (Å²) in [5.74, 6) is 0. The van der Waals surface area contributed by atoms with Crippen LogP contribution in [0, 0.1) is 0 Å². The zero-order valence-electron chi connectivity index (χ0n) is 17.4. The van der Waals surface area contributed by atoms with Crippen molar-refractivity contribution >= 4 is 23.3 Å². The fourth-order valence-corrected chi connectivity index (χ4v) is 7.38. The monoisotopic (exact) mass is 391 g/mol. The minimum absolute atomic E-state index is 0.711. The van der Waals surface area contributed by atoms with Gasteiger partial charge in [0, 0.05) is 45.2 Å². The first-order chi connectivity index (χ1) is 11.9. The van der Waals surface area contributed by atoms with Crippen molar-refractivity contribution in [2.45, 2.75) is 78.6 Å². The van der Waals surface area contributed by atoms with Gasteiger partial charge in [0.25, 0.3) is 0 Å². The Bertz CT molecular complexity index is 331. The van der Waals surface area contributed by atoms with Crippen molar-refractivity contribution < 1.29 is 17.7 Å². The van der Waals surface area contributed by atoms with E-state index >= 15 is 0 Å². The maximum absolute atomic E-state index is 5.87. The maximum atomic E-state index is 5.87. The predicted octanol–water partition coefficient (Wildman–Crippen LogP) is 4.91. The number of nitrogens with zero attached hydrogens (tertiary/aromatic N) is 1. The molecule has 0 aromatic rings. The van der Waals surface area contributed by atoms with E-state index in [0.29, 0.717) is 13.2 Å². The van der Waals surface area contributed by atoms with Crippen LogP contribution in [-0.2, 0) is 17.7 Å². The molecule has 0 aliphatic carbocycles. The fraction of sp³-hybridized carbons (Fsp3) is 0.944. The Labute approximate surface area is 158 Å². The Kier molecular flexibility index (Phi) is 15.0. The minimum atomic E-state index is -2.04. The molecule has 0 saturated carbocycles. The van der Waals surface area contributed by atoms with Crippen molar-refractivity contribution in [3.8, 4) is 0 Å². The topological polar surface area (TPSA) is 49.3 Å². The highest BCUT2D eigenvalue weighted by Crippen LogP contribution is 2.18. The van der Waals surface area contributed by atoms with Crippen LogP contribution in [0.3, 0.4) is 0 Å². The van der Waals surface area contributed by atoms with E-state index in [1.54, 1.807) is 0 Å². The second kappa shape index (κ2) is 15.0. The van der Waals surface area contributed by atoms with Crippen LogP contribution < -0.4 is 0 Å². The van der Waals surface area contributed by atoms with Gasteiger partial charge >= 0.3 is 17.1 Å². The van der Waals surface area contributed by atoms with Crippen LogP contribution in [-0.4, -0.2) is 56.3 Å². The first-order valence-electron chi connectivity index (χ1n) is 9.99. The molecule has 0 aromatic carbocycles. The lowest BCUT2D eigenvalue weighted by Crippen LogP contribution is -2.39. The zero-order valence-corrected chi connectivity index (χ0v) is 19.4. The number of rotatable bonds is 17. The molecule has 7 heteroatoms. The minimum Gasteiger partial charge on any atom is -0.395 e. The quantitative estimate of drug-likeness (QED) is 0.201. The van der Waals surface area contributed by atoms with E-state index in [2.05, 4.69) is 18.1 Å². The van der Waals surface area contributed by atoms with Crippen molar-refractivity contribution in [1.29, 1.82) is 0 Å². The number of aliphatic imine (C=N–C) groups is 1. The Hall–Kier alpha value is -0.0562. The Morgan fingerprint density at radius 1 is 0.680 bits per heavy atom. The molecule has 0 atom stereocenters. The summed E-state index contributed by atoms with van der Waals surface area (Å²) in [6.45, 7) is 16.3. The average Bonchev–Trinajstić information content (AvgIpc) is 2.54. The second-order valence-corrected chi connectivity index (χ2v) is 13.1. The largest absolute Gasteiger partial charge is 0.395 e. The summed E-state index contributed by atoms with van der Waals surface area (Å²) in [6.07, 6.45) is 6.77. The number of hydrogen-bond donors (Lipinski definition) is 0. The maximum Gasteiger partial charge on any atom is 0.340 e. The molecule has 0 amide bonds. The van der Waals surface area contributed by atoms with E-state index in [0.717, 1.165) is 38.3 Å². The van der Waals surface area contributed by atoms with Crippen molar-refractivity contribution in [3.63, 3.8) is 0 Å². The van der Waals surface area contributed by atoms with Crippen molar-refractivity contribution in [3.05, 3.63) is 0 Å². The highest BCUT2D eigenvalue weighted by Gasteiger charge is 2.30. The molecule has 150 valence electrons. The fourth-order valence-electron chi connectivity index (χ4n) is 2.89. The highest BCUT2D eigenvalue weighted by atomic mass is 28.4. The lowest BCUT2D eigenvalue weighted by Gasteiger charge is -2.25. The normalized spacial score (nSPS) is 13.0. The van der Waals surface area contributed by atoms with Crippen molar-refractivity contribution in [2.24, 2.45) is 4.99 Å². The van der Waals surface area contributed by atoms with Gasteiger partial charge in [0.15, 0.2) is 0 Å². The predicted molar refractivity (Wildman–Crippen MR) is 111 cm³/mol. The van der Waals surface area contributed by atoms with Crippen LogP contribution in [0.15, 0.2) is 4.99 Å². The molecule has 0 aliphatic heterocycles. The Balaban J connectivity index is 3.84. The summed E-state index contributed by atoms with van der Waals surface area (Å²) in [5.41, 5.74) is 0. The summed E-state index contributed by atoms with van der Waals surface area (Å²) in [6, 6.07) is 1.92. The van der Waals surface area contributed by atoms with Gasteiger partial charge in [0.05, 0.1) is 0 Å². The zero-order chi connectivity index (χ0) is 19.0. The third kappa shape index (κ3) is 12.9. The van der Waals surface area contributed by atoms with Gasteiger partial charge in [-0.25, -0.2) is 0 Å². The smallest absolute Gasteiger partial charge is 0.340 e. The first kappa shape index (κ1) is 24.9. The van der Waals surface area contributed by atoms with Crippen molar-refractivity contribution in [1.82, 2.24) is 0 Å². The van der Waals surface area contributed by atoms with E-state index in [-0.39, 0.29) is 0 Å². The molecule has 0 radical (unpaired) electrons. The third-order valence-corrected chi connectivity index (χ3v) is 9.84. The molecular formula is C18H41NO4Si2. The molecule has 0 aliphatic rings. The van der Waals surface area contributed by atoms with Gasteiger partial charge in [0.2, 0.25) is 0 Å². The van der Waals surface area contributed by atoms with Gasteiger partial charge in [-0.1, -0.05) is 19.3 Å². The molecule has 0 unspecified atom stereocenters. The Morgan fingerprint density at radius 3 is 1.68 bits per heavy atom. The van der Waals surface area contributed by atoms with Crippen molar-refractivity contribution in [2.75, 3.05) is 33.0 Å². The molecule has 0 aromatic heterocycles. The van der Waals surface area contributed by atoms with Crippen LogP contribution in [0.2, 0.25) is 25.2 Å². The highest BCUT2D eigenvalue weighted by molar-refractivity contribution is 6.68. The standard InChI is InChI=1S/C18H41NO4Si2/c1-7-20-24(5,21-8-2)17-14-12-11-13-15-19-16-18-25(6,22-9-3)23-10-4/h16H,7-15,17-18H2,1-6H3. The SMILES string of the molecule is CCO[Si](C)(CC=NCCCCCC[Si](C)(OCC)OCC)OCC. The Morgan fingerprint density at radius 2 is 1.16 bits per heavy atom. The average molecular weight is 392 g/mol. The van der Waals surface area contributed by atoms with Crippen LogP contribution in [0.4, 0.5) is 0 Å². The van der Waals surface area contributed by atoms with Gasteiger partial charge in [-0.15, -0.1) is 0 Å². The van der Waals surface area contributed by atoms with Gasteiger partial charge < -0.3 is 17.7 Å². The van der Waals surface area contributed by atoms with E-state index in [9.17, 15) is 0 Å². The summed E-state index contributed by atoms with van der Waals surface area (Å²) in [4.78, 5) is 4.54. The molecule has 5 nitrogen and oxygen atoms in total. The summed E-state index contributed by atoms with van der Waals surface area (Å²) in [7, 11) is -3.96. The van der Waals surface area contributed by atoms with Gasteiger partial charge in [0.1, 0.15) is 0 Å². The van der Waals surface area contributed by atoms with E-state index < -0.39 is 17.1 Å². The molecular weight excluding hydrogens is 350 g/mol. The van der Waals surface area contributed by atoms with Gasteiger partial charge in [-0.2, -0.15) is 0 Å². The van der Waals surface area contributed by atoms with Crippen LogP contribution in [0.25, 0.3) is 0 Å². The number of unbranched alkanes of at least 4 members (excludes halogenated alkanes) is 3. The second-order valence-electron chi connectivity index (χ2n) is 6.46. The van der Waals surface area contributed by atoms with E-state index in [1.807, 2.05) is 33.9 Å². The van der Waals surface area contributed by atoms with Crippen LogP contribution in [0.5, 0.6) is 0 Å². The molecule has 25 heavy (non-hydrogen) atoms. The van der Waals surface area contributed by atoms with Gasteiger partial charge in [-0.05, 0) is 53.3 Å².